The molecule has 3 rings (SSSR count). The second-order valence-electron chi connectivity index (χ2n) is 6.66. The number of benzene rings is 2. The van der Waals surface area contributed by atoms with Gasteiger partial charge in [0.1, 0.15) is 0 Å². The Morgan fingerprint density at radius 2 is 1.36 bits per heavy atom. The molecular formula is C20H25NO. The Morgan fingerprint density at radius 1 is 0.864 bits per heavy atom. The maximum Gasteiger partial charge on any atom is 0.0920 e. The van der Waals surface area contributed by atoms with Crippen LogP contribution in [0.5, 0.6) is 0 Å². The molecule has 0 atom stereocenters. The molecule has 1 heterocycles. The molecule has 116 valence electrons. The lowest BCUT2D eigenvalue weighted by Gasteiger charge is -2.38. The summed E-state index contributed by atoms with van der Waals surface area (Å²) < 4.78 is 0. The first kappa shape index (κ1) is 15.3. The van der Waals surface area contributed by atoms with Crippen molar-refractivity contribution in [3.05, 3.63) is 70.8 Å². The Labute approximate surface area is 133 Å². The molecule has 0 radical (unpaired) electrons. The van der Waals surface area contributed by atoms with Gasteiger partial charge in [-0.2, -0.15) is 0 Å². The zero-order valence-electron chi connectivity index (χ0n) is 13.5. The maximum atomic E-state index is 10.9. The van der Waals surface area contributed by atoms with Crippen molar-refractivity contribution in [1.82, 2.24) is 4.90 Å². The average Bonchev–Trinajstić information content (AvgIpc) is 2.52. The van der Waals surface area contributed by atoms with Gasteiger partial charge in [-0.1, -0.05) is 59.7 Å². The summed E-state index contributed by atoms with van der Waals surface area (Å²) >= 11 is 0. The third kappa shape index (κ3) is 3.40. The molecular weight excluding hydrogens is 270 g/mol. The van der Waals surface area contributed by atoms with E-state index in [2.05, 4.69) is 67.3 Å². The van der Waals surface area contributed by atoms with Gasteiger partial charge in [-0.15, -0.1) is 0 Å². The highest BCUT2D eigenvalue weighted by atomic mass is 16.3. The van der Waals surface area contributed by atoms with E-state index in [9.17, 15) is 5.11 Å². The summed E-state index contributed by atoms with van der Waals surface area (Å²) in [5.41, 5.74) is 4.30. The van der Waals surface area contributed by atoms with E-state index in [0.29, 0.717) is 0 Å². The third-order valence-corrected chi connectivity index (χ3v) is 4.80. The maximum absolute atomic E-state index is 10.9. The van der Waals surface area contributed by atoms with Crippen molar-refractivity contribution in [2.75, 3.05) is 13.1 Å². The molecule has 0 bridgehead atoms. The summed E-state index contributed by atoms with van der Waals surface area (Å²) in [6.07, 6.45) is 1.61. The lowest BCUT2D eigenvalue weighted by molar-refractivity contribution is -0.0277. The summed E-state index contributed by atoms with van der Waals surface area (Å²) in [6.45, 7) is 7.06. The highest BCUT2D eigenvalue weighted by molar-refractivity contribution is 5.27. The number of rotatable bonds is 3. The molecule has 1 saturated heterocycles. The molecule has 2 aromatic carbocycles. The van der Waals surface area contributed by atoms with Crippen LogP contribution in [0.25, 0.3) is 0 Å². The summed E-state index contributed by atoms with van der Waals surface area (Å²) in [7, 11) is 0. The van der Waals surface area contributed by atoms with E-state index in [4.69, 9.17) is 0 Å². The zero-order chi connectivity index (χ0) is 15.6. The number of hydrogen-bond donors (Lipinski definition) is 1. The minimum Gasteiger partial charge on any atom is -0.385 e. The minimum absolute atomic E-state index is 0.655. The standard InChI is InChI=1S/C20H25NO/c1-16-3-7-18(8-4-16)15-21-13-11-20(22,12-14-21)19-9-5-17(2)6-10-19/h3-10,22H,11-15H2,1-2H3. The van der Waals surface area contributed by atoms with Crippen LogP contribution < -0.4 is 0 Å². The van der Waals surface area contributed by atoms with Crippen LogP contribution in [0.15, 0.2) is 48.5 Å². The quantitative estimate of drug-likeness (QED) is 0.931. The van der Waals surface area contributed by atoms with E-state index < -0.39 is 5.60 Å². The van der Waals surface area contributed by atoms with Crippen molar-refractivity contribution in [2.24, 2.45) is 0 Å². The number of aryl methyl sites for hydroxylation is 2. The Morgan fingerprint density at radius 3 is 1.91 bits per heavy atom. The van der Waals surface area contributed by atoms with Gasteiger partial charge in [-0.3, -0.25) is 4.90 Å². The van der Waals surface area contributed by atoms with Gasteiger partial charge in [0, 0.05) is 19.6 Å². The molecule has 2 aromatic rings. The number of likely N-dealkylation sites (tertiary alicyclic amines) is 1. The predicted molar refractivity (Wildman–Crippen MR) is 90.8 cm³/mol. The first-order chi connectivity index (χ1) is 10.5. The van der Waals surface area contributed by atoms with Gasteiger partial charge in [0.25, 0.3) is 0 Å². The van der Waals surface area contributed by atoms with Crippen LogP contribution in [0.1, 0.15) is 35.1 Å². The predicted octanol–water partition coefficient (Wildman–Crippen LogP) is 3.79. The molecule has 1 aliphatic heterocycles. The number of nitrogens with zero attached hydrogens (tertiary/aromatic N) is 1. The third-order valence-electron chi connectivity index (χ3n) is 4.80. The molecule has 0 aliphatic carbocycles. The molecule has 0 unspecified atom stereocenters. The first-order valence-electron chi connectivity index (χ1n) is 8.13. The van der Waals surface area contributed by atoms with E-state index in [1.807, 2.05) is 0 Å². The van der Waals surface area contributed by atoms with E-state index in [1.165, 1.54) is 16.7 Å². The van der Waals surface area contributed by atoms with Gasteiger partial charge in [-0.25, -0.2) is 0 Å². The van der Waals surface area contributed by atoms with E-state index in [1.54, 1.807) is 0 Å². The van der Waals surface area contributed by atoms with E-state index in [-0.39, 0.29) is 0 Å². The van der Waals surface area contributed by atoms with Gasteiger partial charge >= 0.3 is 0 Å². The molecule has 1 N–H and O–H groups in total. The van der Waals surface area contributed by atoms with Crippen LogP contribution >= 0.6 is 0 Å². The Kier molecular flexibility index (Phi) is 4.32. The van der Waals surface area contributed by atoms with Crippen LogP contribution in [0, 0.1) is 13.8 Å². The molecule has 1 fully saturated rings. The highest BCUT2D eigenvalue weighted by Gasteiger charge is 2.33. The van der Waals surface area contributed by atoms with Gasteiger partial charge < -0.3 is 5.11 Å². The number of hydrogen-bond acceptors (Lipinski definition) is 2. The minimum atomic E-state index is -0.655. The Hall–Kier alpha value is -1.64. The van der Waals surface area contributed by atoms with Crippen LogP contribution in [0.4, 0.5) is 0 Å². The fraction of sp³-hybridized carbons (Fsp3) is 0.400. The normalized spacial score (nSPS) is 18.3. The second-order valence-corrected chi connectivity index (χ2v) is 6.66. The average molecular weight is 295 g/mol. The summed E-state index contributed by atoms with van der Waals surface area (Å²) in [5.74, 6) is 0. The van der Waals surface area contributed by atoms with Crippen LogP contribution in [-0.2, 0) is 12.1 Å². The SMILES string of the molecule is Cc1ccc(CN2CCC(O)(c3ccc(C)cc3)CC2)cc1. The fourth-order valence-corrected chi connectivity index (χ4v) is 3.19. The lowest BCUT2D eigenvalue weighted by atomic mass is 9.84. The highest BCUT2D eigenvalue weighted by Crippen LogP contribution is 2.33. The summed E-state index contributed by atoms with van der Waals surface area (Å²) in [4.78, 5) is 2.44. The Bertz CT molecular complexity index is 607. The smallest absolute Gasteiger partial charge is 0.0920 e. The van der Waals surface area contributed by atoms with E-state index in [0.717, 1.165) is 38.0 Å². The van der Waals surface area contributed by atoms with Crippen molar-refractivity contribution in [1.29, 1.82) is 0 Å². The van der Waals surface area contributed by atoms with Crippen LogP contribution in [0.3, 0.4) is 0 Å². The topological polar surface area (TPSA) is 23.5 Å². The van der Waals surface area contributed by atoms with Crippen LogP contribution in [0.2, 0.25) is 0 Å². The van der Waals surface area contributed by atoms with Gasteiger partial charge in [0.05, 0.1) is 5.60 Å². The van der Waals surface area contributed by atoms with Crippen molar-refractivity contribution in [2.45, 2.75) is 38.8 Å². The van der Waals surface area contributed by atoms with Gasteiger partial charge in [0.15, 0.2) is 0 Å². The number of aliphatic hydroxyl groups is 1. The zero-order valence-corrected chi connectivity index (χ0v) is 13.5. The van der Waals surface area contributed by atoms with Gasteiger partial charge in [-0.05, 0) is 37.8 Å². The molecule has 22 heavy (non-hydrogen) atoms. The largest absolute Gasteiger partial charge is 0.385 e. The van der Waals surface area contributed by atoms with Crippen LogP contribution in [-0.4, -0.2) is 23.1 Å². The molecule has 0 aromatic heterocycles. The van der Waals surface area contributed by atoms with Crippen molar-refractivity contribution < 1.29 is 5.11 Å². The van der Waals surface area contributed by atoms with Gasteiger partial charge in [0.2, 0.25) is 0 Å². The fourth-order valence-electron chi connectivity index (χ4n) is 3.19. The number of piperidine rings is 1. The molecule has 2 nitrogen and oxygen atoms in total. The monoisotopic (exact) mass is 295 g/mol. The van der Waals surface area contributed by atoms with Crippen molar-refractivity contribution in [3.8, 4) is 0 Å². The Balaban J connectivity index is 1.62. The molecule has 2 heteroatoms. The lowest BCUT2D eigenvalue weighted by Crippen LogP contribution is -2.42. The molecule has 0 amide bonds. The molecule has 1 aliphatic rings. The molecule has 0 spiro atoms. The first-order valence-corrected chi connectivity index (χ1v) is 8.13. The van der Waals surface area contributed by atoms with Crippen molar-refractivity contribution in [3.63, 3.8) is 0 Å². The molecule has 0 saturated carbocycles. The van der Waals surface area contributed by atoms with E-state index >= 15 is 0 Å². The summed E-state index contributed by atoms with van der Waals surface area (Å²) in [6, 6.07) is 17.1. The van der Waals surface area contributed by atoms with Crippen molar-refractivity contribution >= 4 is 0 Å². The summed E-state index contributed by atoms with van der Waals surface area (Å²) in [5, 5.41) is 10.9. The second kappa shape index (κ2) is 6.23.